The Balaban J connectivity index is 1.95. The minimum Gasteiger partial charge on any atom is -0.336 e. The molecule has 0 radical (unpaired) electrons. The van der Waals surface area contributed by atoms with Crippen molar-refractivity contribution in [3.8, 4) is 0 Å². The predicted octanol–water partition coefficient (Wildman–Crippen LogP) is 4.65. The highest BCUT2D eigenvalue weighted by Gasteiger charge is 2.30. The van der Waals surface area contributed by atoms with E-state index >= 15 is 0 Å². The van der Waals surface area contributed by atoms with E-state index in [2.05, 4.69) is 5.32 Å². The molecule has 0 saturated carbocycles. The van der Waals surface area contributed by atoms with Crippen LogP contribution in [-0.4, -0.2) is 30.3 Å². The van der Waals surface area contributed by atoms with Crippen LogP contribution in [-0.2, 0) is 22.2 Å². The normalized spacial score (nSPS) is 11.2. The second kappa shape index (κ2) is 8.63. The van der Waals surface area contributed by atoms with Crippen LogP contribution in [0.2, 0.25) is 10.0 Å². The molecule has 144 valence electrons. The number of likely N-dealkylation sites (N-methyl/N-ethyl adjacent to an activating group) is 1. The first-order chi connectivity index (χ1) is 12.6. The van der Waals surface area contributed by atoms with Crippen molar-refractivity contribution in [1.82, 2.24) is 4.90 Å². The van der Waals surface area contributed by atoms with Crippen molar-refractivity contribution in [2.75, 3.05) is 18.9 Å². The molecule has 0 saturated heterocycles. The number of carbonyl (C=O) groups excluding carboxylic acids is 2. The summed E-state index contributed by atoms with van der Waals surface area (Å²) >= 11 is 11.7. The first-order valence-corrected chi connectivity index (χ1v) is 8.47. The van der Waals surface area contributed by atoms with Gasteiger partial charge >= 0.3 is 6.18 Å². The largest absolute Gasteiger partial charge is 0.416 e. The maximum absolute atomic E-state index is 12.7. The molecule has 0 atom stereocenters. The Bertz CT molecular complexity index is 857. The van der Waals surface area contributed by atoms with Gasteiger partial charge in [-0.05, 0) is 29.8 Å². The van der Waals surface area contributed by atoms with E-state index < -0.39 is 23.6 Å². The Hall–Kier alpha value is -2.25. The van der Waals surface area contributed by atoms with Crippen LogP contribution >= 0.6 is 23.2 Å². The summed E-state index contributed by atoms with van der Waals surface area (Å²) in [5.74, 6) is -0.966. The molecule has 0 aliphatic heterocycles. The summed E-state index contributed by atoms with van der Waals surface area (Å²) in [5.41, 5.74) is -0.201. The lowest BCUT2D eigenvalue weighted by Gasteiger charge is -2.17. The van der Waals surface area contributed by atoms with E-state index in [0.29, 0.717) is 10.7 Å². The number of amides is 2. The van der Waals surface area contributed by atoms with Gasteiger partial charge in [0.15, 0.2) is 0 Å². The summed E-state index contributed by atoms with van der Waals surface area (Å²) in [6.07, 6.45) is -4.73. The van der Waals surface area contributed by atoms with Gasteiger partial charge in [0.1, 0.15) is 0 Å². The quantitative estimate of drug-likeness (QED) is 0.767. The smallest absolute Gasteiger partial charge is 0.336 e. The van der Waals surface area contributed by atoms with Crippen molar-refractivity contribution in [3.05, 3.63) is 63.6 Å². The molecule has 0 spiro atoms. The molecule has 0 bridgehead atoms. The number of benzene rings is 2. The van der Waals surface area contributed by atoms with Gasteiger partial charge in [0.2, 0.25) is 11.8 Å². The highest BCUT2D eigenvalue weighted by molar-refractivity contribution is 6.42. The topological polar surface area (TPSA) is 49.4 Å². The highest BCUT2D eigenvalue weighted by Crippen LogP contribution is 2.29. The van der Waals surface area contributed by atoms with Gasteiger partial charge in [0.25, 0.3) is 0 Å². The van der Waals surface area contributed by atoms with Gasteiger partial charge in [-0.2, -0.15) is 13.2 Å². The molecule has 0 aliphatic rings. The SMILES string of the molecule is CN(CC(=O)Nc1ccc(Cl)c(Cl)c1)C(=O)Cc1cccc(C(F)(F)F)c1. The monoisotopic (exact) mass is 418 g/mol. The number of alkyl halides is 3. The second-order valence-electron chi connectivity index (χ2n) is 5.80. The predicted molar refractivity (Wildman–Crippen MR) is 97.9 cm³/mol. The molecule has 1 N–H and O–H groups in total. The molecular formula is C18H15Cl2F3N2O2. The van der Waals surface area contributed by atoms with Gasteiger partial charge < -0.3 is 10.2 Å². The summed E-state index contributed by atoms with van der Waals surface area (Å²) in [6.45, 7) is -0.266. The van der Waals surface area contributed by atoms with Crippen molar-refractivity contribution in [2.45, 2.75) is 12.6 Å². The minimum absolute atomic E-state index is 0.214. The van der Waals surface area contributed by atoms with Crippen LogP contribution < -0.4 is 5.32 Å². The molecular weight excluding hydrogens is 404 g/mol. The highest BCUT2D eigenvalue weighted by atomic mass is 35.5. The molecule has 0 aromatic heterocycles. The van der Waals surface area contributed by atoms with Crippen LogP contribution in [0.3, 0.4) is 0 Å². The number of halogens is 5. The molecule has 0 aliphatic carbocycles. The maximum Gasteiger partial charge on any atom is 0.416 e. The average molecular weight is 419 g/mol. The van der Waals surface area contributed by atoms with E-state index in [4.69, 9.17) is 23.2 Å². The Kier molecular flexibility index (Phi) is 6.73. The van der Waals surface area contributed by atoms with E-state index in [-0.39, 0.29) is 23.6 Å². The average Bonchev–Trinajstić information content (AvgIpc) is 2.57. The fourth-order valence-corrected chi connectivity index (χ4v) is 2.54. The van der Waals surface area contributed by atoms with Gasteiger partial charge in [-0.3, -0.25) is 9.59 Å². The van der Waals surface area contributed by atoms with Crippen molar-refractivity contribution < 1.29 is 22.8 Å². The van der Waals surface area contributed by atoms with E-state index in [1.165, 1.54) is 31.3 Å². The van der Waals surface area contributed by atoms with Gasteiger partial charge in [0.05, 0.1) is 28.6 Å². The van der Waals surface area contributed by atoms with Crippen molar-refractivity contribution in [3.63, 3.8) is 0 Å². The fraction of sp³-hybridized carbons (Fsp3) is 0.222. The van der Waals surface area contributed by atoms with Crippen LogP contribution in [0.25, 0.3) is 0 Å². The van der Waals surface area contributed by atoms with Crippen molar-refractivity contribution in [2.24, 2.45) is 0 Å². The Morgan fingerprint density at radius 2 is 1.78 bits per heavy atom. The number of anilines is 1. The van der Waals surface area contributed by atoms with Crippen LogP contribution in [0.15, 0.2) is 42.5 Å². The molecule has 2 aromatic carbocycles. The molecule has 2 rings (SSSR count). The number of nitrogens with zero attached hydrogens (tertiary/aromatic N) is 1. The number of nitrogens with one attached hydrogen (secondary N) is 1. The van der Waals surface area contributed by atoms with Crippen molar-refractivity contribution >= 4 is 40.7 Å². The molecule has 4 nitrogen and oxygen atoms in total. The van der Waals surface area contributed by atoms with Gasteiger partial charge in [-0.15, -0.1) is 0 Å². The number of hydrogen-bond donors (Lipinski definition) is 1. The zero-order chi connectivity index (χ0) is 20.2. The lowest BCUT2D eigenvalue weighted by atomic mass is 10.1. The molecule has 9 heteroatoms. The Morgan fingerprint density at radius 3 is 2.41 bits per heavy atom. The molecule has 0 fully saturated rings. The van der Waals surface area contributed by atoms with Gasteiger partial charge in [0, 0.05) is 12.7 Å². The van der Waals surface area contributed by atoms with Crippen LogP contribution in [0.4, 0.5) is 18.9 Å². The van der Waals surface area contributed by atoms with Gasteiger partial charge in [-0.25, -0.2) is 0 Å². The second-order valence-corrected chi connectivity index (χ2v) is 6.62. The summed E-state index contributed by atoms with van der Waals surface area (Å²) in [6, 6.07) is 9.05. The molecule has 0 unspecified atom stereocenters. The Morgan fingerprint density at radius 1 is 1.07 bits per heavy atom. The summed E-state index contributed by atoms with van der Waals surface area (Å²) < 4.78 is 38.2. The van der Waals surface area contributed by atoms with E-state index in [0.717, 1.165) is 17.0 Å². The first-order valence-electron chi connectivity index (χ1n) is 7.71. The minimum atomic E-state index is -4.48. The van der Waals surface area contributed by atoms with Gasteiger partial charge in [-0.1, -0.05) is 41.4 Å². The lowest BCUT2D eigenvalue weighted by molar-refractivity contribution is -0.137. The lowest BCUT2D eigenvalue weighted by Crippen LogP contribution is -2.35. The van der Waals surface area contributed by atoms with Crippen molar-refractivity contribution in [1.29, 1.82) is 0 Å². The third kappa shape index (κ3) is 6.15. The summed E-state index contributed by atoms with van der Waals surface area (Å²) in [5, 5.41) is 3.17. The third-order valence-corrected chi connectivity index (χ3v) is 4.36. The Labute approximate surface area is 163 Å². The number of hydrogen-bond acceptors (Lipinski definition) is 2. The first kappa shape index (κ1) is 21.1. The third-order valence-electron chi connectivity index (χ3n) is 3.62. The van der Waals surface area contributed by atoms with E-state index in [9.17, 15) is 22.8 Å². The molecule has 0 heterocycles. The zero-order valence-corrected chi connectivity index (χ0v) is 15.6. The number of carbonyl (C=O) groups is 2. The van der Waals surface area contributed by atoms with E-state index in [1.54, 1.807) is 6.07 Å². The molecule has 2 aromatic rings. The molecule has 2 amide bonds. The summed E-state index contributed by atoms with van der Waals surface area (Å²) in [7, 11) is 1.39. The van der Waals surface area contributed by atoms with Crippen LogP contribution in [0.5, 0.6) is 0 Å². The molecule has 27 heavy (non-hydrogen) atoms. The fourth-order valence-electron chi connectivity index (χ4n) is 2.25. The van der Waals surface area contributed by atoms with Crippen LogP contribution in [0.1, 0.15) is 11.1 Å². The standard InChI is InChI=1S/C18H15Cl2F3N2O2/c1-25(10-16(26)24-13-5-6-14(19)15(20)9-13)17(27)8-11-3-2-4-12(7-11)18(21,22)23/h2-7,9H,8,10H2,1H3,(H,24,26). The zero-order valence-electron chi connectivity index (χ0n) is 14.1. The summed E-state index contributed by atoms with van der Waals surface area (Å²) in [4.78, 5) is 25.4. The van der Waals surface area contributed by atoms with Crippen LogP contribution in [0, 0.1) is 0 Å². The number of rotatable bonds is 5. The van der Waals surface area contributed by atoms with E-state index in [1.807, 2.05) is 0 Å². The maximum atomic E-state index is 12.7.